The summed E-state index contributed by atoms with van der Waals surface area (Å²) in [5.41, 5.74) is 0.969. The van der Waals surface area contributed by atoms with E-state index in [-0.39, 0.29) is 5.97 Å². The van der Waals surface area contributed by atoms with E-state index in [1.807, 2.05) is 37.2 Å². The first-order chi connectivity index (χ1) is 8.88. The van der Waals surface area contributed by atoms with Gasteiger partial charge in [-0.25, -0.2) is 4.79 Å². The Labute approximate surface area is 119 Å². The second-order valence-electron chi connectivity index (χ2n) is 6.30. The van der Waals surface area contributed by atoms with Crippen LogP contribution in [0.3, 0.4) is 0 Å². The molecule has 0 unspecified atom stereocenters. The Balaban J connectivity index is 1.86. The monoisotopic (exact) mass is 281 g/mol. The van der Waals surface area contributed by atoms with Gasteiger partial charge in [0.2, 0.25) is 0 Å². The minimum absolute atomic E-state index is 0.141. The summed E-state index contributed by atoms with van der Waals surface area (Å²) < 4.78 is 0. The topological polar surface area (TPSA) is 29.5 Å². The fraction of sp³-hybridized carbons (Fsp3) is 0.667. The van der Waals surface area contributed by atoms with E-state index in [1.165, 1.54) is 10.4 Å². The van der Waals surface area contributed by atoms with Crippen LogP contribution in [-0.4, -0.2) is 24.1 Å². The Hall–Kier alpha value is -0.870. The summed E-state index contributed by atoms with van der Waals surface area (Å²) in [4.78, 5) is 18.8. The highest BCUT2D eigenvalue weighted by Crippen LogP contribution is 2.34. The largest absolute Gasteiger partial charge is 0.367 e. The summed E-state index contributed by atoms with van der Waals surface area (Å²) in [7, 11) is 0. The van der Waals surface area contributed by atoms with Crippen LogP contribution in [0.25, 0.3) is 0 Å². The molecular weight excluding hydrogens is 258 g/mol. The zero-order valence-corrected chi connectivity index (χ0v) is 13.0. The van der Waals surface area contributed by atoms with Gasteiger partial charge in [0, 0.05) is 18.0 Å². The normalized spacial score (nSPS) is 18.5. The molecule has 0 saturated carbocycles. The van der Waals surface area contributed by atoms with Crippen molar-refractivity contribution in [1.29, 1.82) is 0 Å². The number of thiophene rings is 1. The van der Waals surface area contributed by atoms with Crippen molar-refractivity contribution in [2.24, 2.45) is 5.41 Å². The van der Waals surface area contributed by atoms with Crippen molar-refractivity contribution in [1.82, 2.24) is 5.06 Å². The zero-order chi connectivity index (χ0) is 14.0. The Kier molecular flexibility index (Phi) is 4.31. The highest BCUT2D eigenvalue weighted by atomic mass is 32.1. The van der Waals surface area contributed by atoms with E-state index in [0.29, 0.717) is 5.92 Å². The molecule has 0 amide bonds. The Bertz CT molecular complexity index is 439. The van der Waals surface area contributed by atoms with Crippen LogP contribution < -0.4 is 0 Å². The van der Waals surface area contributed by atoms with Crippen LogP contribution in [0.1, 0.15) is 50.0 Å². The maximum Gasteiger partial charge on any atom is 0.330 e. The Morgan fingerprint density at radius 3 is 2.47 bits per heavy atom. The van der Waals surface area contributed by atoms with Gasteiger partial charge >= 0.3 is 5.97 Å². The number of hydroxylamine groups is 2. The van der Waals surface area contributed by atoms with Crippen LogP contribution in [-0.2, 0) is 9.63 Å². The average molecular weight is 281 g/mol. The summed E-state index contributed by atoms with van der Waals surface area (Å²) >= 11 is 1.85. The Morgan fingerprint density at radius 1 is 1.37 bits per heavy atom. The summed E-state index contributed by atoms with van der Waals surface area (Å²) in [6.07, 6.45) is 2.14. The molecule has 1 fully saturated rings. The third kappa shape index (κ3) is 3.57. The van der Waals surface area contributed by atoms with Crippen molar-refractivity contribution < 1.29 is 9.63 Å². The third-order valence-corrected chi connectivity index (χ3v) is 4.73. The predicted octanol–water partition coefficient (Wildman–Crippen LogP) is 3.74. The maximum atomic E-state index is 11.8. The minimum Gasteiger partial charge on any atom is -0.367 e. The van der Waals surface area contributed by atoms with Crippen molar-refractivity contribution in [2.45, 2.75) is 46.5 Å². The van der Waals surface area contributed by atoms with Crippen molar-refractivity contribution in [3.05, 3.63) is 21.9 Å². The standard InChI is InChI=1S/C15H23NO2S/c1-11-7-10-19-13(11)12-5-8-16(9-6-12)18-14(17)15(2,3)4/h7,10,12H,5-6,8-9H2,1-4H3. The van der Waals surface area contributed by atoms with E-state index in [9.17, 15) is 4.79 Å². The molecule has 0 aliphatic carbocycles. The van der Waals surface area contributed by atoms with Crippen molar-refractivity contribution in [3.8, 4) is 0 Å². The molecule has 106 valence electrons. The van der Waals surface area contributed by atoms with Gasteiger partial charge < -0.3 is 4.84 Å². The number of hydrogen-bond donors (Lipinski definition) is 0. The first kappa shape index (κ1) is 14.5. The van der Waals surface area contributed by atoms with Crippen LogP contribution >= 0.6 is 11.3 Å². The van der Waals surface area contributed by atoms with E-state index in [4.69, 9.17) is 4.84 Å². The van der Waals surface area contributed by atoms with Gasteiger partial charge in [0.05, 0.1) is 5.41 Å². The molecule has 2 heterocycles. The fourth-order valence-corrected chi connectivity index (χ4v) is 3.37. The number of aryl methyl sites for hydroxylation is 1. The van der Waals surface area contributed by atoms with Crippen LogP contribution in [0.2, 0.25) is 0 Å². The molecule has 2 rings (SSSR count). The summed E-state index contributed by atoms with van der Waals surface area (Å²) in [6, 6.07) is 2.19. The summed E-state index contributed by atoms with van der Waals surface area (Å²) in [5.74, 6) is 0.489. The van der Waals surface area contributed by atoms with E-state index in [2.05, 4.69) is 18.4 Å². The minimum atomic E-state index is -0.429. The van der Waals surface area contributed by atoms with Crippen LogP contribution in [0.15, 0.2) is 11.4 Å². The SMILES string of the molecule is Cc1ccsc1C1CCN(OC(=O)C(C)(C)C)CC1. The maximum absolute atomic E-state index is 11.8. The highest BCUT2D eigenvalue weighted by Gasteiger charge is 2.29. The molecule has 4 heteroatoms. The molecule has 1 saturated heterocycles. The Morgan fingerprint density at radius 2 is 2.00 bits per heavy atom. The number of carbonyl (C=O) groups is 1. The molecule has 0 aromatic carbocycles. The lowest BCUT2D eigenvalue weighted by Crippen LogP contribution is -2.38. The van der Waals surface area contributed by atoms with E-state index in [1.54, 1.807) is 0 Å². The molecule has 1 aliphatic rings. The van der Waals surface area contributed by atoms with Gasteiger partial charge in [0.1, 0.15) is 0 Å². The average Bonchev–Trinajstić information content (AvgIpc) is 2.75. The first-order valence-corrected chi connectivity index (χ1v) is 7.77. The van der Waals surface area contributed by atoms with Gasteiger partial charge in [-0.2, -0.15) is 0 Å². The molecular formula is C15H23NO2S. The molecule has 1 aliphatic heterocycles. The molecule has 3 nitrogen and oxygen atoms in total. The van der Waals surface area contributed by atoms with Gasteiger partial charge in [-0.05, 0) is 63.5 Å². The molecule has 0 N–H and O–H groups in total. The van der Waals surface area contributed by atoms with Crippen molar-refractivity contribution in [3.63, 3.8) is 0 Å². The van der Waals surface area contributed by atoms with Gasteiger partial charge in [-0.15, -0.1) is 16.4 Å². The predicted molar refractivity (Wildman–Crippen MR) is 78.2 cm³/mol. The van der Waals surface area contributed by atoms with E-state index < -0.39 is 5.41 Å². The molecule has 0 atom stereocenters. The number of rotatable bonds is 2. The van der Waals surface area contributed by atoms with Gasteiger partial charge in [0.15, 0.2) is 0 Å². The molecule has 1 aromatic heterocycles. The van der Waals surface area contributed by atoms with Crippen molar-refractivity contribution >= 4 is 17.3 Å². The highest BCUT2D eigenvalue weighted by molar-refractivity contribution is 7.10. The van der Waals surface area contributed by atoms with Gasteiger partial charge in [0.25, 0.3) is 0 Å². The fourth-order valence-electron chi connectivity index (χ4n) is 2.27. The molecule has 0 bridgehead atoms. The van der Waals surface area contributed by atoms with Crippen LogP contribution in [0, 0.1) is 12.3 Å². The third-order valence-electron chi connectivity index (χ3n) is 3.55. The number of hydrogen-bond acceptors (Lipinski definition) is 4. The van der Waals surface area contributed by atoms with Crippen molar-refractivity contribution in [2.75, 3.05) is 13.1 Å². The number of carbonyl (C=O) groups excluding carboxylic acids is 1. The summed E-state index contributed by atoms with van der Waals surface area (Å²) in [6.45, 7) is 9.51. The first-order valence-electron chi connectivity index (χ1n) is 6.89. The smallest absolute Gasteiger partial charge is 0.330 e. The second-order valence-corrected chi connectivity index (χ2v) is 7.25. The van der Waals surface area contributed by atoms with Gasteiger partial charge in [-0.3, -0.25) is 0 Å². The summed E-state index contributed by atoms with van der Waals surface area (Å²) in [5, 5.41) is 3.99. The second kappa shape index (κ2) is 5.63. The lowest BCUT2D eigenvalue weighted by Gasteiger charge is -2.32. The number of nitrogens with zero attached hydrogens (tertiary/aromatic N) is 1. The van der Waals surface area contributed by atoms with E-state index >= 15 is 0 Å². The zero-order valence-electron chi connectivity index (χ0n) is 12.2. The molecule has 1 aromatic rings. The lowest BCUT2D eigenvalue weighted by molar-refractivity contribution is -0.204. The van der Waals surface area contributed by atoms with E-state index in [0.717, 1.165) is 25.9 Å². The molecule has 0 spiro atoms. The van der Waals surface area contributed by atoms with Crippen LogP contribution in [0.4, 0.5) is 0 Å². The lowest BCUT2D eigenvalue weighted by atomic mass is 9.94. The molecule has 19 heavy (non-hydrogen) atoms. The van der Waals surface area contributed by atoms with Gasteiger partial charge in [-0.1, -0.05) is 0 Å². The van der Waals surface area contributed by atoms with Crippen LogP contribution in [0.5, 0.6) is 0 Å². The molecule has 0 radical (unpaired) electrons. The number of piperidine rings is 1. The quantitative estimate of drug-likeness (QED) is 0.827.